The van der Waals surface area contributed by atoms with Crippen LogP contribution in [-0.4, -0.2) is 28.8 Å². The summed E-state index contributed by atoms with van der Waals surface area (Å²) in [7, 11) is 0. The van der Waals surface area contributed by atoms with Crippen LogP contribution in [-0.2, 0) is 20.7 Å². The van der Waals surface area contributed by atoms with Crippen molar-refractivity contribution < 1.29 is 24.5 Å². The molecule has 5 nitrogen and oxygen atoms in total. The molecule has 6 heteroatoms. The van der Waals surface area contributed by atoms with E-state index in [1.165, 1.54) is 12.1 Å². The van der Waals surface area contributed by atoms with E-state index in [0.717, 1.165) is 5.56 Å². The highest BCUT2D eigenvalue weighted by molar-refractivity contribution is 7.80. The van der Waals surface area contributed by atoms with E-state index < -0.39 is 12.1 Å². The van der Waals surface area contributed by atoms with Crippen LogP contribution in [0.25, 0.3) is 0 Å². The number of aliphatic hydroxyl groups is 1. The van der Waals surface area contributed by atoms with Crippen LogP contribution < -0.4 is 0 Å². The molecular weight excluding hydrogens is 268 g/mol. The Morgan fingerprint density at radius 1 is 1.42 bits per heavy atom. The average Bonchev–Trinajstić information content (AvgIpc) is 2.36. The topological polar surface area (TPSA) is 83.8 Å². The van der Waals surface area contributed by atoms with E-state index in [0.29, 0.717) is 17.9 Å². The number of aryl methyl sites for hydroxylation is 1. The number of thiol groups is 1. The molecule has 0 spiro atoms. The van der Waals surface area contributed by atoms with Gasteiger partial charge in [0, 0.05) is 11.3 Å². The Labute approximate surface area is 116 Å². The van der Waals surface area contributed by atoms with E-state index in [1.807, 2.05) is 0 Å². The van der Waals surface area contributed by atoms with Gasteiger partial charge in [0.25, 0.3) is 0 Å². The number of hydrogen-bond donors (Lipinski definition) is 3. The van der Waals surface area contributed by atoms with Crippen LogP contribution in [0.4, 0.5) is 0 Å². The summed E-state index contributed by atoms with van der Waals surface area (Å²) >= 11 is 4.23. The van der Waals surface area contributed by atoms with Gasteiger partial charge in [-0.3, -0.25) is 4.79 Å². The van der Waals surface area contributed by atoms with Crippen molar-refractivity contribution in [2.75, 3.05) is 6.61 Å². The maximum atomic E-state index is 11.2. The number of carbonyl (C=O) groups is 2. The maximum absolute atomic E-state index is 11.2. The molecule has 0 amide bonds. The molecule has 19 heavy (non-hydrogen) atoms. The second-order valence-corrected chi connectivity index (χ2v) is 4.42. The quantitative estimate of drug-likeness (QED) is 0.546. The summed E-state index contributed by atoms with van der Waals surface area (Å²) in [5.74, 6) is -1.60. The summed E-state index contributed by atoms with van der Waals surface area (Å²) in [6.07, 6.45) is -0.867. The van der Waals surface area contributed by atoms with Crippen molar-refractivity contribution in [2.45, 2.75) is 30.8 Å². The van der Waals surface area contributed by atoms with Gasteiger partial charge in [-0.15, -0.1) is 12.6 Å². The molecule has 0 bridgehead atoms. The molecule has 0 aromatic heterocycles. The van der Waals surface area contributed by atoms with Crippen molar-refractivity contribution in [2.24, 2.45) is 0 Å². The maximum Gasteiger partial charge on any atom is 0.337 e. The highest BCUT2D eigenvalue weighted by Crippen LogP contribution is 2.22. The number of esters is 1. The lowest BCUT2D eigenvalue weighted by Gasteiger charge is -2.10. The number of aliphatic carboxylic acids is 1. The lowest BCUT2D eigenvalue weighted by Crippen LogP contribution is -2.11. The Morgan fingerprint density at radius 2 is 2.11 bits per heavy atom. The first kappa shape index (κ1) is 15.5. The first-order valence-electron chi connectivity index (χ1n) is 5.84. The first-order chi connectivity index (χ1) is 8.95. The fraction of sp³-hybridized carbons (Fsp3) is 0.385. The SMILES string of the molecule is CCOC(=O)CCc1ccc(C(O)C(=O)O)cc1S. The van der Waals surface area contributed by atoms with Crippen LogP contribution in [0, 0.1) is 0 Å². The lowest BCUT2D eigenvalue weighted by molar-refractivity contribution is -0.147. The van der Waals surface area contributed by atoms with Crippen LogP contribution in [0.3, 0.4) is 0 Å². The number of aliphatic hydroxyl groups excluding tert-OH is 1. The van der Waals surface area contributed by atoms with E-state index in [4.69, 9.17) is 9.84 Å². The monoisotopic (exact) mass is 284 g/mol. The Bertz CT molecular complexity index is 472. The van der Waals surface area contributed by atoms with Gasteiger partial charge in [-0.1, -0.05) is 12.1 Å². The van der Waals surface area contributed by atoms with E-state index in [9.17, 15) is 14.7 Å². The van der Waals surface area contributed by atoms with Gasteiger partial charge in [0.2, 0.25) is 0 Å². The third kappa shape index (κ3) is 4.57. The highest BCUT2D eigenvalue weighted by atomic mass is 32.1. The minimum Gasteiger partial charge on any atom is -0.479 e. The van der Waals surface area contributed by atoms with Crippen molar-refractivity contribution in [3.05, 3.63) is 29.3 Å². The Balaban J connectivity index is 2.72. The molecule has 0 aliphatic carbocycles. The fourth-order valence-corrected chi connectivity index (χ4v) is 1.91. The lowest BCUT2D eigenvalue weighted by atomic mass is 10.0. The molecule has 0 fully saturated rings. The summed E-state index contributed by atoms with van der Waals surface area (Å²) in [4.78, 5) is 22.4. The Kier molecular flexibility index (Phi) is 5.85. The molecule has 2 N–H and O–H groups in total. The molecule has 0 radical (unpaired) electrons. The highest BCUT2D eigenvalue weighted by Gasteiger charge is 2.16. The molecule has 0 aliphatic rings. The number of benzene rings is 1. The van der Waals surface area contributed by atoms with Crippen molar-refractivity contribution in [3.8, 4) is 0 Å². The van der Waals surface area contributed by atoms with Gasteiger partial charge in [0.15, 0.2) is 6.10 Å². The van der Waals surface area contributed by atoms with Gasteiger partial charge in [-0.05, 0) is 30.5 Å². The van der Waals surface area contributed by atoms with Gasteiger partial charge < -0.3 is 14.9 Å². The summed E-state index contributed by atoms with van der Waals surface area (Å²) in [5.41, 5.74) is 1.06. The molecular formula is C13H16O5S. The molecule has 1 aromatic rings. The molecule has 1 atom stereocenters. The fourth-order valence-electron chi connectivity index (χ4n) is 1.57. The molecule has 104 valence electrons. The van der Waals surface area contributed by atoms with E-state index in [-0.39, 0.29) is 18.0 Å². The second kappa shape index (κ2) is 7.16. The van der Waals surface area contributed by atoms with Crippen LogP contribution in [0.5, 0.6) is 0 Å². The molecule has 0 aliphatic heterocycles. The summed E-state index contributed by atoms with van der Waals surface area (Å²) in [6.45, 7) is 2.08. The average molecular weight is 284 g/mol. The van der Waals surface area contributed by atoms with Crippen LogP contribution in [0.15, 0.2) is 23.1 Å². The zero-order valence-corrected chi connectivity index (χ0v) is 11.4. The number of rotatable bonds is 6. The van der Waals surface area contributed by atoms with Gasteiger partial charge in [0.1, 0.15) is 0 Å². The van der Waals surface area contributed by atoms with Gasteiger partial charge in [-0.2, -0.15) is 0 Å². The largest absolute Gasteiger partial charge is 0.479 e. The number of carbonyl (C=O) groups excluding carboxylic acids is 1. The third-order valence-corrected chi connectivity index (χ3v) is 2.98. The van der Waals surface area contributed by atoms with Crippen LogP contribution >= 0.6 is 12.6 Å². The molecule has 0 saturated carbocycles. The van der Waals surface area contributed by atoms with Gasteiger partial charge in [-0.25, -0.2) is 4.79 Å². The number of carboxylic acids is 1. The number of hydrogen-bond acceptors (Lipinski definition) is 5. The van der Waals surface area contributed by atoms with Gasteiger partial charge in [0.05, 0.1) is 6.61 Å². The molecule has 0 saturated heterocycles. The zero-order chi connectivity index (χ0) is 14.4. The van der Waals surface area contributed by atoms with Crippen molar-refractivity contribution in [1.29, 1.82) is 0 Å². The summed E-state index contributed by atoms with van der Waals surface area (Å²) in [5, 5.41) is 18.1. The van der Waals surface area contributed by atoms with Crippen molar-refractivity contribution in [1.82, 2.24) is 0 Å². The number of ether oxygens (including phenoxy) is 1. The number of carboxylic acid groups (broad SMARTS) is 1. The van der Waals surface area contributed by atoms with Gasteiger partial charge >= 0.3 is 11.9 Å². The van der Waals surface area contributed by atoms with Crippen molar-refractivity contribution >= 4 is 24.6 Å². The molecule has 1 aromatic carbocycles. The minimum atomic E-state index is -1.56. The smallest absolute Gasteiger partial charge is 0.337 e. The predicted octanol–water partition coefficient (Wildman–Crippen LogP) is 1.59. The predicted molar refractivity (Wildman–Crippen MR) is 71.2 cm³/mol. The molecule has 1 unspecified atom stereocenters. The molecule has 0 heterocycles. The Morgan fingerprint density at radius 3 is 2.63 bits per heavy atom. The van der Waals surface area contributed by atoms with Crippen LogP contribution in [0.1, 0.15) is 30.6 Å². The first-order valence-corrected chi connectivity index (χ1v) is 6.28. The minimum absolute atomic E-state index is 0.238. The zero-order valence-electron chi connectivity index (χ0n) is 10.5. The summed E-state index contributed by atoms with van der Waals surface area (Å²) < 4.78 is 4.82. The normalized spacial score (nSPS) is 11.9. The second-order valence-electron chi connectivity index (χ2n) is 3.93. The van der Waals surface area contributed by atoms with Crippen LogP contribution in [0.2, 0.25) is 0 Å². The van der Waals surface area contributed by atoms with E-state index in [2.05, 4.69) is 12.6 Å². The van der Waals surface area contributed by atoms with Crippen molar-refractivity contribution in [3.63, 3.8) is 0 Å². The summed E-state index contributed by atoms with van der Waals surface area (Å²) in [6, 6.07) is 4.66. The molecule has 1 rings (SSSR count). The standard InChI is InChI=1S/C13H16O5S/c1-2-18-11(14)6-5-8-3-4-9(7-10(8)19)12(15)13(16)17/h3-4,7,12,15,19H,2,5-6H2,1H3,(H,16,17). The van der Waals surface area contributed by atoms with E-state index in [1.54, 1.807) is 13.0 Å². The third-order valence-electron chi connectivity index (χ3n) is 2.56. The Hall–Kier alpha value is -1.53. The van der Waals surface area contributed by atoms with E-state index >= 15 is 0 Å².